The van der Waals surface area contributed by atoms with Crippen molar-refractivity contribution >= 4 is 43.4 Å². The van der Waals surface area contributed by atoms with Gasteiger partial charge in [0, 0.05) is 34.9 Å². The molecular weight excluding hydrogens is 429 g/mol. The number of hydrogen-bond acceptors (Lipinski definition) is 5. The minimum atomic E-state index is -4.87. The monoisotopic (exact) mass is 444 g/mol. The number of ether oxygens (including phenoxy) is 2. The topological polar surface area (TPSA) is 52.6 Å². The van der Waals surface area contributed by atoms with Gasteiger partial charge in [0.2, 0.25) is 0 Å². The first-order chi connectivity index (χ1) is 14.7. The van der Waals surface area contributed by atoms with Crippen molar-refractivity contribution in [3.63, 3.8) is 0 Å². The van der Waals surface area contributed by atoms with Gasteiger partial charge >= 0.3 is 18.1 Å². The van der Waals surface area contributed by atoms with Crippen LogP contribution in [0, 0.1) is 0 Å². The third-order valence-corrected chi connectivity index (χ3v) is 5.76. The summed E-state index contributed by atoms with van der Waals surface area (Å²) in [7, 11) is 0. The van der Waals surface area contributed by atoms with Crippen molar-refractivity contribution in [1.29, 1.82) is 0 Å². The van der Waals surface area contributed by atoms with E-state index in [0.29, 0.717) is 15.6 Å². The molecule has 0 saturated carbocycles. The van der Waals surface area contributed by atoms with E-state index in [4.69, 9.17) is 9.47 Å². The van der Waals surface area contributed by atoms with Gasteiger partial charge in [0.25, 0.3) is 0 Å². The number of esters is 2. The van der Waals surface area contributed by atoms with Crippen LogP contribution in [0.25, 0.3) is 31.3 Å². The van der Waals surface area contributed by atoms with Gasteiger partial charge in [-0.2, -0.15) is 13.2 Å². The zero-order chi connectivity index (χ0) is 22.3. The predicted molar refractivity (Wildman–Crippen MR) is 112 cm³/mol. The van der Waals surface area contributed by atoms with Gasteiger partial charge in [-0.3, -0.25) is 9.59 Å². The highest BCUT2D eigenvalue weighted by molar-refractivity contribution is 7.26. The van der Waals surface area contributed by atoms with E-state index < -0.39 is 35.2 Å². The first-order valence-corrected chi connectivity index (χ1v) is 10.0. The lowest BCUT2D eigenvalue weighted by molar-refractivity contribution is -0.142. The summed E-state index contributed by atoms with van der Waals surface area (Å²) in [5.41, 5.74) is -0.364. The minimum Gasteiger partial charge on any atom is -0.422 e. The molecule has 4 aromatic rings. The lowest BCUT2D eigenvalue weighted by Gasteiger charge is -2.20. The van der Waals surface area contributed by atoms with Gasteiger partial charge in [0.1, 0.15) is 5.56 Å². The molecule has 0 N–H and O–H groups in total. The summed E-state index contributed by atoms with van der Waals surface area (Å²) in [5.74, 6) is -3.04. The summed E-state index contributed by atoms with van der Waals surface area (Å²) in [6.45, 7) is 2.07. The number of carbonyl (C=O) groups is 2. The molecule has 0 amide bonds. The Morgan fingerprint density at radius 2 is 1.42 bits per heavy atom. The molecule has 0 unspecified atom stereocenters. The van der Waals surface area contributed by atoms with Crippen molar-refractivity contribution in [1.82, 2.24) is 0 Å². The fraction of sp³-hybridized carbons (Fsp3) is 0.130. The molecule has 1 aromatic heterocycles. The first-order valence-electron chi connectivity index (χ1n) is 9.19. The quantitative estimate of drug-likeness (QED) is 0.264. The molecule has 0 aliphatic rings. The van der Waals surface area contributed by atoms with Crippen LogP contribution in [0.15, 0.2) is 54.6 Å². The van der Waals surface area contributed by atoms with Crippen LogP contribution in [0.1, 0.15) is 19.4 Å². The second kappa shape index (κ2) is 7.70. The number of rotatable bonds is 3. The van der Waals surface area contributed by atoms with Gasteiger partial charge < -0.3 is 9.47 Å². The van der Waals surface area contributed by atoms with Crippen molar-refractivity contribution in [2.75, 3.05) is 0 Å². The van der Waals surface area contributed by atoms with Crippen LogP contribution >= 0.6 is 11.3 Å². The van der Waals surface area contributed by atoms with Gasteiger partial charge in [-0.15, -0.1) is 11.3 Å². The normalized spacial score (nSPS) is 11.6. The number of alkyl halides is 3. The number of carbonyl (C=O) groups excluding carboxylic acids is 2. The SMILES string of the molecule is CC(=O)Oc1c(OC(C)=O)c(-c2ccccc2)c2c(sc3ccccc32)c1C(F)(F)F. The highest BCUT2D eigenvalue weighted by Crippen LogP contribution is 2.56. The molecule has 158 valence electrons. The molecule has 0 saturated heterocycles. The van der Waals surface area contributed by atoms with Crippen molar-refractivity contribution in [2.45, 2.75) is 20.0 Å². The van der Waals surface area contributed by atoms with Crippen molar-refractivity contribution in [3.8, 4) is 22.6 Å². The summed E-state index contributed by atoms with van der Waals surface area (Å²) < 4.78 is 53.7. The maximum Gasteiger partial charge on any atom is 0.421 e. The second-order valence-corrected chi connectivity index (χ2v) is 7.81. The van der Waals surface area contributed by atoms with Crippen LogP contribution in [0.4, 0.5) is 13.2 Å². The molecule has 4 nitrogen and oxygen atoms in total. The zero-order valence-electron chi connectivity index (χ0n) is 16.4. The largest absolute Gasteiger partial charge is 0.422 e. The summed E-state index contributed by atoms with van der Waals surface area (Å²) in [5, 5.41) is 0.862. The fourth-order valence-corrected chi connectivity index (χ4v) is 4.80. The Bertz CT molecular complexity index is 1320. The molecule has 3 aromatic carbocycles. The van der Waals surface area contributed by atoms with E-state index in [1.807, 2.05) is 0 Å². The van der Waals surface area contributed by atoms with Crippen LogP contribution in [0.3, 0.4) is 0 Å². The van der Waals surface area contributed by atoms with E-state index in [2.05, 4.69) is 0 Å². The van der Waals surface area contributed by atoms with Crippen LogP contribution in [-0.4, -0.2) is 11.9 Å². The van der Waals surface area contributed by atoms with E-state index in [1.165, 1.54) is 0 Å². The van der Waals surface area contributed by atoms with Gasteiger partial charge in [-0.25, -0.2) is 0 Å². The highest BCUT2D eigenvalue weighted by atomic mass is 32.1. The Kier molecular flexibility index (Phi) is 5.18. The van der Waals surface area contributed by atoms with Gasteiger partial charge in [0.15, 0.2) is 11.5 Å². The Morgan fingerprint density at radius 1 is 0.839 bits per heavy atom. The van der Waals surface area contributed by atoms with Crippen LogP contribution < -0.4 is 9.47 Å². The smallest absolute Gasteiger partial charge is 0.421 e. The number of benzene rings is 3. The van der Waals surface area contributed by atoms with Gasteiger partial charge in [0.05, 0.1) is 4.70 Å². The molecule has 0 fully saturated rings. The van der Waals surface area contributed by atoms with Crippen LogP contribution in [0.2, 0.25) is 0 Å². The number of hydrogen-bond donors (Lipinski definition) is 0. The van der Waals surface area contributed by atoms with Gasteiger partial charge in [-0.1, -0.05) is 48.5 Å². The molecule has 0 atom stereocenters. The van der Waals surface area contributed by atoms with E-state index in [-0.39, 0.29) is 15.6 Å². The average Bonchev–Trinajstić information content (AvgIpc) is 3.05. The second-order valence-electron chi connectivity index (χ2n) is 6.76. The van der Waals surface area contributed by atoms with E-state index >= 15 is 0 Å². The molecule has 0 radical (unpaired) electrons. The Morgan fingerprint density at radius 3 is 2.03 bits per heavy atom. The predicted octanol–water partition coefficient (Wildman–Crippen LogP) is 6.59. The van der Waals surface area contributed by atoms with E-state index in [1.54, 1.807) is 54.6 Å². The summed E-state index contributed by atoms with van der Waals surface area (Å²) in [4.78, 5) is 23.7. The standard InChI is InChI=1S/C23H15F3O4S/c1-12(27)29-20-17(14-8-4-3-5-9-14)18-15-10-6-7-11-16(15)31-22(18)19(23(24,25)26)21(20)30-13(2)28/h3-11H,1-2H3. The molecule has 1 heterocycles. The maximum atomic E-state index is 14.3. The molecular formula is C23H15F3O4S. The molecule has 0 bridgehead atoms. The van der Waals surface area contributed by atoms with Crippen LogP contribution in [0.5, 0.6) is 11.5 Å². The number of thiophene rings is 1. The number of fused-ring (bicyclic) bond motifs is 3. The lowest BCUT2D eigenvalue weighted by Crippen LogP contribution is -2.15. The summed E-state index contributed by atoms with van der Waals surface area (Å²) in [6, 6.07) is 15.5. The van der Waals surface area contributed by atoms with Gasteiger partial charge in [-0.05, 0) is 11.6 Å². The average molecular weight is 444 g/mol. The fourth-order valence-electron chi connectivity index (χ4n) is 3.53. The molecule has 31 heavy (non-hydrogen) atoms. The third-order valence-electron chi connectivity index (χ3n) is 4.57. The van der Waals surface area contributed by atoms with E-state index in [9.17, 15) is 22.8 Å². The summed E-state index contributed by atoms with van der Waals surface area (Å²) in [6.07, 6.45) is -4.87. The van der Waals surface area contributed by atoms with E-state index in [0.717, 1.165) is 25.2 Å². The molecule has 0 aliphatic carbocycles. The first kappa shape index (κ1) is 20.9. The Hall–Kier alpha value is -3.39. The molecule has 8 heteroatoms. The Labute approximate surface area is 178 Å². The number of halogens is 3. The third kappa shape index (κ3) is 3.74. The van der Waals surface area contributed by atoms with Crippen molar-refractivity contribution < 1.29 is 32.2 Å². The van der Waals surface area contributed by atoms with Crippen molar-refractivity contribution in [3.05, 3.63) is 60.2 Å². The molecule has 0 aliphatic heterocycles. The lowest BCUT2D eigenvalue weighted by atomic mass is 9.95. The summed E-state index contributed by atoms with van der Waals surface area (Å²) >= 11 is 0.941. The minimum absolute atomic E-state index is 0.0975. The van der Waals surface area contributed by atoms with Crippen LogP contribution in [-0.2, 0) is 15.8 Å². The zero-order valence-corrected chi connectivity index (χ0v) is 17.2. The Balaban J connectivity index is 2.32. The highest BCUT2D eigenvalue weighted by Gasteiger charge is 2.42. The molecule has 4 rings (SSSR count). The maximum absolute atomic E-state index is 14.3. The van der Waals surface area contributed by atoms with Crippen molar-refractivity contribution in [2.24, 2.45) is 0 Å². The molecule has 0 spiro atoms.